The molecular weight excluding hydrogens is 424 g/mol. The van der Waals surface area contributed by atoms with Gasteiger partial charge in [-0.3, -0.25) is 9.79 Å². The Morgan fingerprint density at radius 1 is 1.12 bits per heavy atom. The van der Waals surface area contributed by atoms with Crippen LogP contribution in [-0.4, -0.2) is 57.8 Å². The molecule has 1 N–H and O–H groups in total. The molecule has 6 nitrogen and oxygen atoms in total. The summed E-state index contributed by atoms with van der Waals surface area (Å²) in [5, 5.41) is 3.22. The van der Waals surface area contributed by atoms with Crippen molar-refractivity contribution in [3.05, 3.63) is 77.0 Å². The maximum absolute atomic E-state index is 13.7. The van der Waals surface area contributed by atoms with Crippen molar-refractivity contribution >= 4 is 17.8 Å². The number of nitrogens with zero attached hydrogens (tertiary/aromatic N) is 3. The summed E-state index contributed by atoms with van der Waals surface area (Å²) < 4.78 is 6.44. The van der Waals surface area contributed by atoms with Crippen LogP contribution in [0, 0.1) is 0 Å². The molecule has 0 fully saturated rings. The van der Waals surface area contributed by atoms with Gasteiger partial charge in [-0.1, -0.05) is 61.9 Å². The topological polar surface area (TPSA) is 57.2 Å². The van der Waals surface area contributed by atoms with Gasteiger partial charge in [-0.05, 0) is 38.1 Å². The molecular formula is C28H38N4O2. The van der Waals surface area contributed by atoms with Crippen LogP contribution in [0.5, 0.6) is 0 Å². The molecule has 0 aliphatic carbocycles. The SMILES string of the molecule is CCCC1=C(/C=N\C)C(=O)N(c2ccccc2COC(CCNC)c2ccccc2)CCN1C. The van der Waals surface area contributed by atoms with Crippen LogP contribution in [0.3, 0.4) is 0 Å². The highest BCUT2D eigenvalue weighted by molar-refractivity contribution is 6.19. The number of hydrogen-bond donors (Lipinski definition) is 1. The molecule has 1 aliphatic heterocycles. The number of anilines is 1. The van der Waals surface area contributed by atoms with Crippen LogP contribution in [0.2, 0.25) is 0 Å². The average Bonchev–Trinajstić information content (AvgIpc) is 2.97. The monoisotopic (exact) mass is 462 g/mol. The van der Waals surface area contributed by atoms with Gasteiger partial charge in [0.15, 0.2) is 0 Å². The zero-order valence-electron chi connectivity index (χ0n) is 21.0. The van der Waals surface area contributed by atoms with Crippen molar-refractivity contribution in [1.29, 1.82) is 0 Å². The van der Waals surface area contributed by atoms with Crippen LogP contribution in [0.1, 0.15) is 43.4 Å². The lowest BCUT2D eigenvalue weighted by Crippen LogP contribution is -2.35. The highest BCUT2D eigenvalue weighted by Crippen LogP contribution is 2.29. The lowest BCUT2D eigenvalue weighted by atomic mass is 10.1. The second-order valence-corrected chi connectivity index (χ2v) is 8.61. The fourth-order valence-electron chi connectivity index (χ4n) is 4.39. The lowest BCUT2D eigenvalue weighted by molar-refractivity contribution is -0.114. The Morgan fingerprint density at radius 3 is 2.56 bits per heavy atom. The van der Waals surface area contributed by atoms with E-state index in [1.807, 2.05) is 48.3 Å². The number of allylic oxidation sites excluding steroid dienone is 1. The first-order valence-corrected chi connectivity index (χ1v) is 12.2. The van der Waals surface area contributed by atoms with Crippen LogP contribution < -0.4 is 10.2 Å². The van der Waals surface area contributed by atoms with Gasteiger partial charge in [-0.25, -0.2) is 0 Å². The van der Waals surface area contributed by atoms with E-state index in [1.165, 1.54) is 0 Å². The van der Waals surface area contributed by atoms with Crippen LogP contribution in [-0.2, 0) is 16.1 Å². The standard InChI is InChI=1S/C28H38N4O2/c1-5-11-26-24(20-30-3)28(33)32(19-18-31(26)4)25-15-10-9-14-23(25)21-34-27(16-17-29-2)22-12-7-6-8-13-22/h6-10,12-15,20,27,29H,5,11,16-19,21H2,1-4H3/b30-20-. The predicted molar refractivity (Wildman–Crippen MR) is 140 cm³/mol. The molecule has 1 unspecified atom stereocenters. The maximum Gasteiger partial charge on any atom is 0.261 e. The second-order valence-electron chi connectivity index (χ2n) is 8.61. The zero-order valence-corrected chi connectivity index (χ0v) is 21.0. The van der Waals surface area contributed by atoms with E-state index in [0.717, 1.165) is 54.9 Å². The number of likely N-dealkylation sites (N-methyl/N-ethyl adjacent to an activating group) is 1. The van der Waals surface area contributed by atoms with E-state index < -0.39 is 0 Å². The summed E-state index contributed by atoms with van der Waals surface area (Å²) in [6.07, 6.45) is 4.39. The molecule has 1 amide bonds. The molecule has 0 bridgehead atoms. The summed E-state index contributed by atoms with van der Waals surface area (Å²) in [5.74, 6) is 0.000595. The Hall–Kier alpha value is -2.96. The van der Waals surface area contributed by atoms with Gasteiger partial charge in [0.2, 0.25) is 0 Å². The van der Waals surface area contributed by atoms with E-state index in [2.05, 4.69) is 47.4 Å². The number of carbonyl (C=O) groups is 1. The number of rotatable bonds is 11. The summed E-state index contributed by atoms with van der Waals surface area (Å²) in [4.78, 5) is 22.0. The number of benzene rings is 2. The number of amides is 1. The van der Waals surface area contributed by atoms with Gasteiger partial charge in [-0.2, -0.15) is 0 Å². The minimum atomic E-state index is -0.0217. The van der Waals surface area contributed by atoms with Crippen LogP contribution >= 0.6 is 0 Å². The molecule has 6 heteroatoms. The number of ether oxygens (including phenoxy) is 1. The molecule has 2 aromatic rings. The Balaban J connectivity index is 1.88. The first kappa shape index (κ1) is 25.7. The van der Waals surface area contributed by atoms with Gasteiger partial charge in [-0.15, -0.1) is 0 Å². The van der Waals surface area contributed by atoms with Gasteiger partial charge < -0.3 is 19.9 Å². The second kappa shape index (κ2) is 13.1. The number of hydrogen-bond acceptors (Lipinski definition) is 5. The highest BCUT2D eigenvalue weighted by atomic mass is 16.5. The quantitative estimate of drug-likeness (QED) is 0.497. The fraction of sp³-hybridized carbons (Fsp3) is 0.429. The van der Waals surface area contributed by atoms with E-state index in [9.17, 15) is 4.79 Å². The summed E-state index contributed by atoms with van der Waals surface area (Å²) in [5.41, 5.74) is 4.81. The Kier molecular flexibility index (Phi) is 9.86. The minimum Gasteiger partial charge on any atom is -0.375 e. The van der Waals surface area contributed by atoms with Gasteiger partial charge >= 0.3 is 0 Å². The van der Waals surface area contributed by atoms with E-state index >= 15 is 0 Å². The molecule has 3 rings (SSSR count). The van der Waals surface area contributed by atoms with Gasteiger partial charge in [0.1, 0.15) is 0 Å². The van der Waals surface area contributed by atoms with Crippen molar-refractivity contribution < 1.29 is 9.53 Å². The zero-order chi connectivity index (χ0) is 24.3. The average molecular weight is 463 g/mol. The van der Waals surface area contributed by atoms with Gasteiger partial charge in [0, 0.05) is 50.3 Å². The molecule has 1 atom stereocenters. The number of para-hydroxylation sites is 1. The summed E-state index contributed by atoms with van der Waals surface area (Å²) >= 11 is 0. The normalized spacial score (nSPS) is 15.8. The summed E-state index contributed by atoms with van der Waals surface area (Å²) in [6, 6.07) is 18.4. The third kappa shape index (κ3) is 6.33. The molecule has 1 heterocycles. The highest BCUT2D eigenvalue weighted by Gasteiger charge is 2.28. The van der Waals surface area contributed by atoms with E-state index in [4.69, 9.17) is 4.74 Å². The Labute approximate surface area is 204 Å². The van der Waals surface area contributed by atoms with Gasteiger partial charge in [0.25, 0.3) is 5.91 Å². The largest absolute Gasteiger partial charge is 0.375 e. The Bertz CT molecular complexity index is 987. The van der Waals surface area contributed by atoms with E-state index in [0.29, 0.717) is 18.7 Å². The molecule has 0 saturated heterocycles. The van der Waals surface area contributed by atoms with Crippen molar-refractivity contribution in [2.24, 2.45) is 4.99 Å². The smallest absolute Gasteiger partial charge is 0.261 e. The molecule has 0 saturated carbocycles. The van der Waals surface area contributed by atoms with Crippen molar-refractivity contribution in [2.45, 2.75) is 38.9 Å². The third-order valence-electron chi connectivity index (χ3n) is 6.20. The van der Waals surface area contributed by atoms with Crippen molar-refractivity contribution in [1.82, 2.24) is 10.2 Å². The first-order valence-electron chi connectivity index (χ1n) is 12.2. The van der Waals surface area contributed by atoms with E-state index in [-0.39, 0.29) is 12.0 Å². The third-order valence-corrected chi connectivity index (χ3v) is 6.20. The first-order chi connectivity index (χ1) is 16.6. The Morgan fingerprint density at radius 2 is 1.85 bits per heavy atom. The molecule has 0 spiro atoms. The molecule has 0 radical (unpaired) electrons. The molecule has 2 aromatic carbocycles. The number of aliphatic imine (C=N–C) groups is 1. The maximum atomic E-state index is 13.7. The van der Waals surface area contributed by atoms with Crippen LogP contribution in [0.25, 0.3) is 0 Å². The van der Waals surface area contributed by atoms with Crippen molar-refractivity contribution in [3.63, 3.8) is 0 Å². The lowest BCUT2D eigenvalue weighted by Gasteiger charge is -2.26. The number of carbonyl (C=O) groups excluding carboxylic acids is 1. The number of nitrogens with one attached hydrogen (secondary N) is 1. The minimum absolute atomic E-state index is 0.000595. The van der Waals surface area contributed by atoms with E-state index in [1.54, 1.807) is 13.3 Å². The van der Waals surface area contributed by atoms with Crippen molar-refractivity contribution in [2.75, 3.05) is 45.7 Å². The van der Waals surface area contributed by atoms with Crippen molar-refractivity contribution in [3.8, 4) is 0 Å². The molecule has 182 valence electrons. The molecule has 34 heavy (non-hydrogen) atoms. The molecule has 0 aromatic heterocycles. The fourth-order valence-corrected chi connectivity index (χ4v) is 4.39. The van der Waals surface area contributed by atoms with Crippen LogP contribution in [0.4, 0.5) is 5.69 Å². The summed E-state index contributed by atoms with van der Waals surface area (Å²) in [7, 11) is 5.74. The predicted octanol–water partition coefficient (Wildman–Crippen LogP) is 4.59. The molecule has 1 aliphatic rings. The van der Waals surface area contributed by atoms with Crippen LogP contribution in [0.15, 0.2) is 70.9 Å². The summed E-state index contributed by atoms with van der Waals surface area (Å²) in [6.45, 7) is 4.82. The van der Waals surface area contributed by atoms with Gasteiger partial charge in [0.05, 0.1) is 18.3 Å².